The van der Waals surface area contributed by atoms with E-state index in [1.807, 2.05) is 55.5 Å². The van der Waals surface area contributed by atoms with Gasteiger partial charge in [0.15, 0.2) is 0 Å². The van der Waals surface area contributed by atoms with Crippen molar-refractivity contribution in [3.63, 3.8) is 0 Å². The van der Waals surface area contributed by atoms with E-state index in [2.05, 4.69) is 29.5 Å². The van der Waals surface area contributed by atoms with Crippen molar-refractivity contribution in [2.24, 2.45) is 0 Å². The van der Waals surface area contributed by atoms with Gasteiger partial charge in [-0.1, -0.05) is 56.3 Å². The van der Waals surface area contributed by atoms with Crippen LogP contribution < -0.4 is 5.32 Å². The van der Waals surface area contributed by atoms with E-state index in [0.29, 0.717) is 12.3 Å². The quantitative estimate of drug-likeness (QED) is 0.768. The maximum Gasteiger partial charge on any atom is 0.249 e. The van der Waals surface area contributed by atoms with E-state index in [0.717, 1.165) is 22.3 Å². The first kappa shape index (κ1) is 16.2. The molecule has 1 unspecified atom stereocenters. The van der Waals surface area contributed by atoms with Gasteiger partial charge in [0.1, 0.15) is 11.6 Å². The molecule has 3 rings (SSSR count). The van der Waals surface area contributed by atoms with Crippen LogP contribution in [0.2, 0.25) is 0 Å². The van der Waals surface area contributed by atoms with E-state index >= 15 is 0 Å². The summed E-state index contributed by atoms with van der Waals surface area (Å²) >= 11 is 0. The summed E-state index contributed by atoms with van der Waals surface area (Å²) in [5, 5.41) is 11.4. The van der Waals surface area contributed by atoms with Gasteiger partial charge < -0.3 is 5.32 Å². The van der Waals surface area contributed by atoms with Crippen LogP contribution in [0, 0.1) is 0 Å². The first-order valence-corrected chi connectivity index (χ1v) is 8.31. The van der Waals surface area contributed by atoms with Crippen LogP contribution in [0.25, 0.3) is 11.0 Å². The Morgan fingerprint density at radius 3 is 2.58 bits per heavy atom. The third kappa shape index (κ3) is 3.02. The van der Waals surface area contributed by atoms with Crippen molar-refractivity contribution in [3.8, 4) is 0 Å². The Balaban J connectivity index is 1.91. The zero-order valence-electron chi connectivity index (χ0n) is 14.2. The van der Waals surface area contributed by atoms with E-state index < -0.39 is 6.04 Å². The highest BCUT2D eigenvalue weighted by atomic mass is 16.2. The highest BCUT2D eigenvalue weighted by Gasteiger charge is 2.22. The molecule has 1 atom stereocenters. The van der Waals surface area contributed by atoms with Gasteiger partial charge in [0.2, 0.25) is 5.91 Å². The second-order valence-corrected chi connectivity index (χ2v) is 6.18. The van der Waals surface area contributed by atoms with Gasteiger partial charge in [-0.05, 0) is 36.1 Å². The lowest BCUT2D eigenvalue weighted by atomic mass is 10.0. The normalized spacial score (nSPS) is 12.5. The van der Waals surface area contributed by atoms with E-state index in [1.165, 1.54) is 0 Å². The molecule has 1 heterocycles. The maximum absolute atomic E-state index is 12.9. The molecule has 0 saturated carbocycles. The molecule has 24 heavy (non-hydrogen) atoms. The second kappa shape index (κ2) is 6.83. The Bertz CT molecular complexity index is 853. The van der Waals surface area contributed by atoms with Crippen molar-refractivity contribution in [1.82, 2.24) is 15.0 Å². The Labute approximate surface area is 141 Å². The summed E-state index contributed by atoms with van der Waals surface area (Å²) in [7, 11) is 0. The molecule has 3 aromatic rings. The molecule has 0 saturated heterocycles. The summed E-state index contributed by atoms with van der Waals surface area (Å²) in [6.07, 6.45) is 0.642. The van der Waals surface area contributed by atoms with E-state index in [9.17, 15) is 4.79 Å². The SMILES string of the molecule is CCC(C(=O)Nc1ccccc1C(C)C)n1nnc2ccccc21. The molecule has 5 nitrogen and oxygen atoms in total. The van der Waals surface area contributed by atoms with Gasteiger partial charge in [-0.15, -0.1) is 5.10 Å². The monoisotopic (exact) mass is 322 g/mol. The number of hydrogen-bond donors (Lipinski definition) is 1. The molecule has 124 valence electrons. The van der Waals surface area contributed by atoms with Crippen LogP contribution in [-0.2, 0) is 4.79 Å². The summed E-state index contributed by atoms with van der Waals surface area (Å²) in [5.74, 6) is 0.273. The Kier molecular flexibility index (Phi) is 4.60. The highest BCUT2D eigenvalue weighted by Crippen LogP contribution is 2.26. The lowest BCUT2D eigenvalue weighted by molar-refractivity contribution is -0.119. The molecule has 0 aliphatic carbocycles. The molecule has 1 aromatic heterocycles. The highest BCUT2D eigenvalue weighted by molar-refractivity contribution is 5.95. The average molecular weight is 322 g/mol. The van der Waals surface area contributed by atoms with Crippen molar-refractivity contribution in [1.29, 1.82) is 0 Å². The average Bonchev–Trinajstić information content (AvgIpc) is 3.00. The van der Waals surface area contributed by atoms with E-state index in [-0.39, 0.29) is 5.91 Å². The number of nitrogens with one attached hydrogen (secondary N) is 1. The van der Waals surface area contributed by atoms with Gasteiger partial charge in [-0.3, -0.25) is 4.79 Å². The number of carbonyl (C=O) groups is 1. The first-order valence-electron chi connectivity index (χ1n) is 8.31. The van der Waals surface area contributed by atoms with Crippen molar-refractivity contribution in [3.05, 3.63) is 54.1 Å². The molecular formula is C19H22N4O. The topological polar surface area (TPSA) is 59.8 Å². The number of rotatable bonds is 5. The lowest BCUT2D eigenvalue weighted by Crippen LogP contribution is -2.27. The number of hydrogen-bond acceptors (Lipinski definition) is 3. The number of fused-ring (bicyclic) bond motifs is 1. The summed E-state index contributed by atoms with van der Waals surface area (Å²) < 4.78 is 1.71. The first-order chi connectivity index (χ1) is 11.6. The van der Waals surface area contributed by atoms with Gasteiger partial charge in [0.05, 0.1) is 5.52 Å². The fraction of sp³-hybridized carbons (Fsp3) is 0.316. The lowest BCUT2D eigenvalue weighted by Gasteiger charge is -2.18. The van der Waals surface area contributed by atoms with Gasteiger partial charge in [0, 0.05) is 5.69 Å². The predicted octanol–water partition coefficient (Wildman–Crippen LogP) is 4.14. The zero-order chi connectivity index (χ0) is 17.1. The molecule has 0 aliphatic rings. The Morgan fingerprint density at radius 1 is 1.12 bits per heavy atom. The van der Waals surface area contributed by atoms with Gasteiger partial charge in [-0.25, -0.2) is 4.68 Å². The maximum atomic E-state index is 12.9. The largest absolute Gasteiger partial charge is 0.324 e. The number of benzene rings is 2. The van der Waals surface area contributed by atoms with Gasteiger partial charge in [0.25, 0.3) is 0 Å². The van der Waals surface area contributed by atoms with E-state index in [4.69, 9.17) is 0 Å². The summed E-state index contributed by atoms with van der Waals surface area (Å²) in [5.41, 5.74) is 3.66. The molecule has 1 amide bonds. The molecule has 0 aliphatic heterocycles. The van der Waals surface area contributed by atoms with Gasteiger partial charge in [-0.2, -0.15) is 0 Å². The summed E-state index contributed by atoms with van der Waals surface area (Å²) in [4.78, 5) is 12.9. The molecule has 2 aromatic carbocycles. The standard InChI is InChI=1S/C19H22N4O/c1-4-17(23-18-12-8-7-11-16(18)21-22-23)19(24)20-15-10-6-5-9-14(15)13(2)3/h5-13,17H,4H2,1-3H3,(H,20,24). The number of nitrogens with zero attached hydrogens (tertiary/aromatic N) is 3. The third-order valence-electron chi connectivity index (χ3n) is 4.20. The zero-order valence-corrected chi connectivity index (χ0v) is 14.2. The molecule has 1 N–H and O–H groups in total. The van der Waals surface area contributed by atoms with Crippen LogP contribution in [0.1, 0.15) is 44.7 Å². The molecule has 0 fully saturated rings. The minimum Gasteiger partial charge on any atom is -0.324 e. The van der Waals surface area contributed by atoms with Crippen LogP contribution >= 0.6 is 0 Å². The van der Waals surface area contributed by atoms with Crippen molar-refractivity contribution >= 4 is 22.6 Å². The molecule has 0 bridgehead atoms. The predicted molar refractivity (Wildman–Crippen MR) is 96.0 cm³/mol. The number of para-hydroxylation sites is 2. The third-order valence-corrected chi connectivity index (χ3v) is 4.20. The number of aromatic nitrogens is 3. The number of amides is 1. The summed E-state index contributed by atoms with van der Waals surface area (Å²) in [6, 6.07) is 15.2. The van der Waals surface area contributed by atoms with Gasteiger partial charge >= 0.3 is 0 Å². The molecule has 0 radical (unpaired) electrons. The van der Waals surface area contributed by atoms with Crippen LogP contribution in [0.15, 0.2) is 48.5 Å². The molecular weight excluding hydrogens is 300 g/mol. The summed E-state index contributed by atoms with van der Waals surface area (Å²) in [6.45, 7) is 6.22. The Hall–Kier alpha value is -2.69. The fourth-order valence-corrected chi connectivity index (χ4v) is 2.92. The molecule has 0 spiro atoms. The van der Waals surface area contributed by atoms with Crippen LogP contribution in [0.3, 0.4) is 0 Å². The second-order valence-electron chi connectivity index (χ2n) is 6.18. The number of carbonyl (C=O) groups excluding carboxylic acids is 1. The molecule has 5 heteroatoms. The Morgan fingerprint density at radius 2 is 1.83 bits per heavy atom. The van der Waals surface area contributed by atoms with Crippen molar-refractivity contribution in [2.75, 3.05) is 5.32 Å². The van der Waals surface area contributed by atoms with Crippen molar-refractivity contribution < 1.29 is 4.79 Å². The fourth-order valence-electron chi connectivity index (χ4n) is 2.92. The number of anilines is 1. The minimum absolute atomic E-state index is 0.0683. The van der Waals surface area contributed by atoms with E-state index in [1.54, 1.807) is 4.68 Å². The van der Waals surface area contributed by atoms with Crippen LogP contribution in [0.5, 0.6) is 0 Å². The smallest absolute Gasteiger partial charge is 0.249 e. The van der Waals surface area contributed by atoms with Crippen LogP contribution in [-0.4, -0.2) is 20.9 Å². The van der Waals surface area contributed by atoms with Crippen molar-refractivity contribution in [2.45, 2.75) is 39.2 Å². The minimum atomic E-state index is -0.391. The van der Waals surface area contributed by atoms with Crippen LogP contribution in [0.4, 0.5) is 5.69 Å².